The summed E-state index contributed by atoms with van der Waals surface area (Å²) >= 11 is 0. The maximum absolute atomic E-state index is 11.2. The lowest BCUT2D eigenvalue weighted by Crippen LogP contribution is -2.18. The largest absolute Gasteiger partial charge is 0.293 e. The topological polar surface area (TPSA) is 29.4 Å². The fourth-order valence-corrected chi connectivity index (χ4v) is 1.62. The lowest BCUT2D eigenvalue weighted by molar-refractivity contribution is -0.116. The van der Waals surface area contributed by atoms with Crippen LogP contribution < -0.4 is 0 Å². The van der Waals surface area contributed by atoms with Crippen molar-refractivity contribution in [1.82, 2.24) is 0 Å². The third kappa shape index (κ3) is 2.45. The van der Waals surface area contributed by atoms with Gasteiger partial charge in [-0.15, -0.1) is 0 Å². The number of carbonyl (C=O) groups is 1. The van der Waals surface area contributed by atoms with E-state index in [0.717, 1.165) is 12.8 Å². The quantitative estimate of drug-likeness (QED) is 0.556. The average molecular weight is 153 g/mol. The van der Waals surface area contributed by atoms with Crippen LogP contribution in [0.5, 0.6) is 0 Å². The highest BCUT2D eigenvalue weighted by atomic mass is 16.1. The molecule has 1 fully saturated rings. The first-order valence-corrected chi connectivity index (χ1v) is 4.30. The summed E-state index contributed by atoms with van der Waals surface area (Å²) in [5, 5.41) is 0. The van der Waals surface area contributed by atoms with Crippen molar-refractivity contribution < 1.29 is 4.79 Å². The van der Waals surface area contributed by atoms with E-state index in [9.17, 15) is 4.79 Å². The molecule has 0 atom stereocenters. The van der Waals surface area contributed by atoms with Crippen molar-refractivity contribution >= 4 is 12.0 Å². The summed E-state index contributed by atoms with van der Waals surface area (Å²) in [4.78, 5) is 15.0. The molecule has 62 valence electrons. The molecule has 0 N–H and O–H groups in total. The van der Waals surface area contributed by atoms with Gasteiger partial charge in [0.15, 0.2) is 5.78 Å². The molecule has 0 aliphatic heterocycles. The van der Waals surface area contributed by atoms with Gasteiger partial charge >= 0.3 is 0 Å². The van der Waals surface area contributed by atoms with Gasteiger partial charge in [0, 0.05) is 13.0 Å². The van der Waals surface area contributed by atoms with Crippen LogP contribution in [0.2, 0.25) is 0 Å². The highest BCUT2D eigenvalue weighted by molar-refractivity contribution is 6.28. The second kappa shape index (κ2) is 4.27. The van der Waals surface area contributed by atoms with Gasteiger partial charge in [-0.3, -0.25) is 9.79 Å². The number of nitrogens with zero attached hydrogens (tertiary/aromatic N) is 1. The molecule has 1 rings (SSSR count). The normalized spacial score (nSPS) is 20.8. The van der Waals surface area contributed by atoms with Crippen molar-refractivity contribution in [1.29, 1.82) is 0 Å². The van der Waals surface area contributed by atoms with E-state index >= 15 is 0 Å². The van der Waals surface area contributed by atoms with Gasteiger partial charge in [0.05, 0.1) is 6.21 Å². The van der Waals surface area contributed by atoms with Crippen LogP contribution >= 0.6 is 0 Å². The summed E-state index contributed by atoms with van der Waals surface area (Å²) in [5.74, 6) is 0.514. The number of carbonyl (C=O) groups excluding carboxylic acids is 1. The van der Waals surface area contributed by atoms with E-state index in [1.165, 1.54) is 25.5 Å². The zero-order valence-corrected chi connectivity index (χ0v) is 7.05. The Morgan fingerprint density at radius 1 is 1.36 bits per heavy atom. The Morgan fingerprint density at radius 2 is 2.00 bits per heavy atom. The van der Waals surface area contributed by atoms with E-state index in [1.54, 1.807) is 7.05 Å². The molecule has 0 aromatic heterocycles. The minimum atomic E-state index is 0.229. The Morgan fingerprint density at radius 3 is 2.55 bits per heavy atom. The molecule has 2 nitrogen and oxygen atoms in total. The van der Waals surface area contributed by atoms with E-state index in [4.69, 9.17) is 0 Å². The van der Waals surface area contributed by atoms with Crippen molar-refractivity contribution in [3.63, 3.8) is 0 Å². The van der Waals surface area contributed by atoms with Crippen LogP contribution in [0.1, 0.15) is 32.1 Å². The molecule has 0 aromatic rings. The zero-order chi connectivity index (χ0) is 8.10. The fraction of sp³-hybridized carbons (Fsp3) is 0.778. The summed E-state index contributed by atoms with van der Waals surface area (Å²) in [6.45, 7) is 0. The third-order valence-corrected chi connectivity index (χ3v) is 2.26. The van der Waals surface area contributed by atoms with Gasteiger partial charge in [-0.05, 0) is 12.8 Å². The predicted octanol–water partition coefficient (Wildman–Crippen LogP) is 1.84. The van der Waals surface area contributed by atoms with Crippen LogP contribution in [0.25, 0.3) is 0 Å². The van der Waals surface area contributed by atoms with Crippen molar-refractivity contribution in [3.05, 3.63) is 0 Å². The number of hydrogen-bond donors (Lipinski definition) is 0. The molecule has 0 saturated heterocycles. The van der Waals surface area contributed by atoms with E-state index in [1.807, 2.05) is 0 Å². The maximum Gasteiger partial charge on any atom is 0.176 e. The molecule has 0 bridgehead atoms. The summed E-state index contributed by atoms with van der Waals surface area (Å²) < 4.78 is 0. The maximum atomic E-state index is 11.2. The van der Waals surface area contributed by atoms with Crippen molar-refractivity contribution in [2.45, 2.75) is 32.1 Å². The van der Waals surface area contributed by atoms with E-state index in [-0.39, 0.29) is 11.7 Å². The Bertz CT molecular complexity index is 157. The van der Waals surface area contributed by atoms with E-state index in [0.29, 0.717) is 0 Å². The summed E-state index contributed by atoms with van der Waals surface area (Å²) in [5.41, 5.74) is 0. The van der Waals surface area contributed by atoms with Crippen molar-refractivity contribution in [2.75, 3.05) is 7.05 Å². The SMILES string of the molecule is C/N=C/C(=O)C1CCCCC1. The third-order valence-electron chi connectivity index (χ3n) is 2.26. The summed E-state index contributed by atoms with van der Waals surface area (Å²) in [6, 6.07) is 0. The Kier molecular flexibility index (Phi) is 3.27. The molecule has 1 saturated carbocycles. The van der Waals surface area contributed by atoms with Gasteiger partial charge in [-0.2, -0.15) is 0 Å². The van der Waals surface area contributed by atoms with Crippen LogP contribution in [0.15, 0.2) is 4.99 Å². The smallest absolute Gasteiger partial charge is 0.176 e. The van der Waals surface area contributed by atoms with Crippen LogP contribution in [0, 0.1) is 5.92 Å². The van der Waals surface area contributed by atoms with Gasteiger partial charge in [0.25, 0.3) is 0 Å². The van der Waals surface area contributed by atoms with E-state index in [2.05, 4.69) is 4.99 Å². The van der Waals surface area contributed by atoms with Gasteiger partial charge in [-0.25, -0.2) is 0 Å². The monoisotopic (exact) mass is 153 g/mol. The minimum absolute atomic E-state index is 0.229. The van der Waals surface area contributed by atoms with Crippen LogP contribution in [-0.2, 0) is 4.79 Å². The summed E-state index contributed by atoms with van der Waals surface area (Å²) in [7, 11) is 1.65. The minimum Gasteiger partial charge on any atom is -0.293 e. The van der Waals surface area contributed by atoms with Gasteiger partial charge < -0.3 is 0 Å². The van der Waals surface area contributed by atoms with E-state index < -0.39 is 0 Å². The van der Waals surface area contributed by atoms with Crippen molar-refractivity contribution in [3.8, 4) is 0 Å². The lowest BCUT2D eigenvalue weighted by atomic mass is 9.86. The molecule has 0 unspecified atom stereocenters. The zero-order valence-electron chi connectivity index (χ0n) is 7.05. The predicted molar refractivity (Wildman–Crippen MR) is 46.0 cm³/mol. The second-order valence-corrected chi connectivity index (χ2v) is 3.12. The molecule has 0 amide bonds. The molecule has 0 aromatic carbocycles. The first-order valence-electron chi connectivity index (χ1n) is 4.30. The van der Waals surface area contributed by atoms with Crippen LogP contribution in [0.3, 0.4) is 0 Å². The summed E-state index contributed by atoms with van der Waals surface area (Å²) in [6.07, 6.45) is 7.35. The lowest BCUT2D eigenvalue weighted by Gasteiger charge is -2.17. The van der Waals surface area contributed by atoms with Gasteiger partial charge in [0.2, 0.25) is 0 Å². The molecule has 2 heteroatoms. The first kappa shape index (κ1) is 8.44. The van der Waals surface area contributed by atoms with Gasteiger partial charge in [0.1, 0.15) is 0 Å². The molecule has 11 heavy (non-hydrogen) atoms. The molecule has 0 spiro atoms. The number of aliphatic imine (C=N–C) groups is 1. The Labute approximate surface area is 67.7 Å². The first-order chi connectivity index (χ1) is 5.34. The number of Topliss-reactive ketones (excluding diaryl/α,β-unsaturated/α-hetero) is 1. The van der Waals surface area contributed by atoms with Crippen LogP contribution in [-0.4, -0.2) is 19.0 Å². The average Bonchev–Trinajstić information content (AvgIpc) is 2.07. The molecule has 0 heterocycles. The Hall–Kier alpha value is -0.660. The molecule has 1 aliphatic carbocycles. The second-order valence-electron chi connectivity index (χ2n) is 3.12. The molecule has 1 aliphatic rings. The number of ketones is 1. The Balaban J connectivity index is 2.38. The highest BCUT2D eigenvalue weighted by Crippen LogP contribution is 2.23. The van der Waals surface area contributed by atoms with Crippen LogP contribution in [0.4, 0.5) is 0 Å². The van der Waals surface area contributed by atoms with Crippen molar-refractivity contribution in [2.24, 2.45) is 10.9 Å². The molecule has 0 radical (unpaired) electrons. The van der Waals surface area contributed by atoms with Gasteiger partial charge in [-0.1, -0.05) is 19.3 Å². The highest BCUT2D eigenvalue weighted by Gasteiger charge is 2.18. The molecular weight excluding hydrogens is 138 g/mol. The molecular formula is C9H15NO. The fourth-order valence-electron chi connectivity index (χ4n) is 1.62. The number of rotatable bonds is 2. The standard InChI is InChI=1S/C9H15NO/c1-10-7-9(11)8-5-3-2-4-6-8/h7-8H,2-6H2,1H3/b10-7+. The number of hydrogen-bond acceptors (Lipinski definition) is 2.